The number of benzene rings is 1. The minimum atomic E-state index is -4.43. The van der Waals surface area contributed by atoms with Crippen LogP contribution in [0.4, 0.5) is 13.2 Å². The van der Waals surface area contributed by atoms with Crippen LogP contribution in [0.2, 0.25) is 0 Å². The fourth-order valence-electron chi connectivity index (χ4n) is 3.24. The lowest BCUT2D eigenvalue weighted by molar-refractivity contribution is -0.164. The topological polar surface area (TPSA) is 61.9 Å². The Morgan fingerprint density at radius 3 is 2.79 bits per heavy atom. The highest BCUT2D eigenvalue weighted by molar-refractivity contribution is 7.99. The van der Waals surface area contributed by atoms with Crippen molar-refractivity contribution in [3.63, 3.8) is 0 Å². The van der Waals surface area contributed by atoms with E-state index in [-0.39, 0.29) is 18.1 Å². The van der Waals surface area contributed by atoms with Crippen molar-refractivity contribution < 1.29 is 18.0 Å². The van der Waals surface area contributed by atoms with Gasteiger partial charge in [-0.3, -0.25) is 4.79 Å². The van der Waals surface area contributed by atoms with Gasteiger partial charge in [-0.1, -0.05) is 23.9 Å². The summed E-state index contributed by atoms with van der Waals surface area (Å²) in [5.74, 6) is -0.514. The number of aryl methyl sites for hydroxylation is 1. The molecule has 5 nitrogen and oxygen atoms in total. The summed E-state index contributed by atoms with van der Waals surface area (Å²) in [6.07, 6.45) is -2.43. The Bertz CT molecular complexity index is 885. The first-order chi connectivity index (χ1) is 13.3. The number of hydrogen-bond donors (Lipinski definition) is 0. The molecule has 1 fully saturated rings. The number of fused-ring (bicyclic) bond motifs is 1. The van der Waals surface area contributed by atoms with Crippen LogP contribution in [0, 0.1) is 17.2 Å². The van der Waals surface area contributed by atoms with Crippen molar-refractivity contribution in [2.45, 2.75) is 50.1 Å². The molecule has 9 heteroatoms. The van der Waals surface area contributed by atoms with Crippen molar-refractivity contribution >= 4 is 28.7 Å². The Kier molecular flexibility index (Phi) is 6.18. The van der Waals surface area contributed by atoms with Gasteiger partial charge in [-0.05, 0) is 37.8 Å². The van der Waals surface area contributed by atoms with Crippen molar-refractivity contribution in [1.29, 1.82) is 5.26 Å². The smallest absolute Gasteiger partial charge is 0.330 e. The number of aromatic nitrogens is 2. The fourth-order valence-corrected chi connectivity index (χ4v) is 4.16. The second kappa shape index (κ2) is 8.43. The summed E-state index contributed by atoms with van der Waals surface area (Å²) >= 11 is 1.12. The van der Waals surface area contributed by atoms with E-state index in [9.17, 15) is 18.0 Å². The van der Waals surface area contributed by atoms with Gasteiger partial charge in [0.05, 0.1) is 29.3 Å². The molecular formula is C19H21F3N4OS. The Morgan fingerprint density at radius 2 is 2.14 bits per heavy atom. The monoisotopic (exact) mass is 410 g/mol. The quantitative estimate of drug-likeness (QED) is 0.611. The van der Waals surface area contributed by atoms with Gasteiger partial charge in [0.2, 0.25) is 5.91 Å². The van der Waals surface area contributed by atoms with Crippen LogP contribution in [-0.4, -0.2) is 44.9 Å². The third-order valence-corrected chi connectivity index (χ3v) is 5.82. The van der Waals surface area contributed by atoms with E-state index >= 15 is 0 Å². The normalized spacial score (nSPS) is 15.4. The van der Waals surface area contributed by atoms with Crippen LogP contribution in [0.1, 0.15) is 26.2 Å². The largest absolute Gasteiger partial charge is 0.406 e. The van der Waals surface area contributed by atoms with Crippen LogP contribution in [0.25, 0.3) is 11.0 Å². The minimum absolute atomic E-state index is 0.122. The van der Waals surface area contributed by atoms with E-state index in [4.69, 9.17) is 5.26 Å². The molecule has 0 radical (unpaired) electrons. The van der Waals surface area contributed by atoms with Crippen molar-refractivity contribution in [2.75, 3.05) is 12.3 Å². The van der Waals surface area contributed by atoms with E-state index in [1.807, 2.05) is 28.8 Å². The van der Waals surface area contributed by atoms with Gasteiger partial charge in [0.15, 0.2) is 5.16 Å². The van der Waals surface area contributed by atoms with Gasteiger partial charge < -0.3 is 9.47 Å². The number of alkyl halides is 3. The van der Waals surface area contributed by atoms with Gasteiger partial charge in [-0.15, -0.1) is 0 Å². The lowest BCUT2D eigenvalue weighted by Gasteiger charge is -2.30. The number of hydrogen-bond acceptors (Lipinski definition) is 4. The predicted molar refractivity (Wildman–Crippen MR) is 101 cm³/mol. The van der Waals surface area contributed by atoms with Crippen LogP contribution < -0.4 is 0 Å². The third-order valence-electron chi connectivity index (χ3n) is 4.86. The number of amides is 1. The number of rotatable bonds is 8. The molecule has 2 aromatic rings. The van der Waals surface area contributed by atoms with E-state index in [1.165, 1.54) is 0 Å². The number of nitrogens with zero attached hydrogens (tertiary/aromatic N) is 4. The average Bonchev–Trinajstić information content (AvgIpc) is 3.43. The molecule has 1 aliphatic carbocycles. The van der Waals surface area contributed by atoms with E-state index in [0.29, 0.717) is 11.7 Å². The first-order valence-electron chi connectivity index (χ1n) is 9.11. The number of nitriles is 1. The average molecular weight is 410 g/mol. The van der Waals surface area contributed by atoms with Gasteiger partial charge in [-0.2, -0.15) is 18.4 Å². The van der Waals surface area contributed by atoms with E-state index < -0.39 is 24.7 Å². The molecule has 28 heavy (non-hydrogen) atoms. The molecule has 1 aromatic heterocycles. The molecule has 1 saturated carbocycles. The van der Waals surface area contributed by atoms with E-state index in [0.717, 1.165) is 40.5 Å². The summed E-state index contributed by atoms with van der Waals surface area (Å²) in [4.78, 5) is 18.1. The van der Waals surface area contributed by atoms with Gasteiger partial charge in [0.1, 0.15) is 6.54 Å². The van der Waals surface area contributed by atoms with E-state index in [2.05, 4.69) is 11.1 Å². The van der Waals surface area contributed by atoms with Crippen LogP contribution in [-0.2, 0) is 11.3 Å². The summed E-state index contributed by atoms with van der Waals surface area (Å²) in [5.41, 5.74) is 1.57. The first-order valence-corrected chi connectivity index (χ1v) is 10.1. The van der Waals surface area contributed by atoms with Gasteiger partial charge in [0, 0.05) is 12.6 Å². The molecule has 1 heterocycles. The van der Waals surface area contributed by atoms with Crippen LogP contribution in [0.15, 0.2) is 29.4 Å². The summed E-state index contributed by atoms with van der Waals surface area (Å²) < 4.78 is 40.7. The predicted octanol–water partition coefficient (Wildman–Crippen LogP) is 4.23. The Hall–Kier alpha value is -2.21. The lowest BCUT2D eigenvalue weighted by atomic mass is 10.2. The molecule has 0 unspecified atom stereocenters. The maximum atomic E-state index is 13.0. The second-order valence-electron chi connectivity index (χ2n) is 6.95. The number of thioether (sulfide) groups is 1. The molecule has 0 saturated heterocycles. The molecule has 1 amide bonds. The number of carbonyl (C=O) groups excluding carboxylic acids is 1. The number of carbonyl (C=O) groups is 1. The Morgan fingerprint density at radius 1 is 1.43 bits per heavy atom. The van der Waals surface area contributed by atoms with Crippen LogP contribution in [0.5, 0.6) is 0 Å². The molecule has 3 rings (SSSR count). The number of imidazole rings is 1. The van der Waals surface area contributed by atoms with Gasteiger partial charge in [0.25, 0.3) is 0 Å². The summed E-state index contributed by atoms with van der Waals surface area (Å²) in [6.45, 7) is 0.876. The van der Waals surface area contributed by atoms with Gasteiger partial charge >= 0.3 is 6.18 Å². The lowest BCUT2D eigenvalue weighted by Crippen LogP contribution is -2.46. The molecule has 0 N–H and O–H groups in total. The third kappa shape index (κ3) is 4.98. The molecular weight excluding hydrogens is 389 g/mol. The maximum Gasteiger partial charge on any atom is 0.406 e. The van der Waals surface area contributed by atoms with Gasteiger partial charge in [-0.25, -0.2) is 4.98 Å². The zero-order valence-electron chi connectivity index (χ0n) is 15.4. The summed E-state index contributed by atoms with van der Waals surface area (Å²) in [5, 5.41) is 9.43. The molecule has 1 atom stereocenters. The Balaban J connectivity index is 1.76. The Labute approximate surface area is 165 Å². The van der Waals surface area contributed by atoms with Crippen LogP contribution >= 0.6 is 11.8 Å². The highest BCUT2D eigenvalue weighted by Gasteiger charge is 2.40. The molecule has 1 aliphatic rings. The maximum absolute atomic E-state index is 13.0. The fraction of sp³-hybridized carbons (Fsp3) is 0.526. The van der Waals surface area contributed by atoms with Crippen molar-refractivity contribution in [3.05, 3.63) is 24.3 Å². The van der Waals surface area contributed by atoms with Crippen molar-refractivity contribution in [1.82, 2.24) is 14.5 Å². The highest BCUT2D eigenvalue weighted by Crippen LogP contribution is 2.36. The number of halogens is 3. The standard InChI is InChI=1S/C19H21F3N4OS/c1-13(14-7-8-14)26(12-19(20,21)22)17(27)11-28-18-24-15-5-2-3-6-16(15)25(18)10-4-9-23/h2-3,5-6,13-14H,4,7-8,10-12H2,1H3/t13-/m1/s1. The van der Waals surface area contributed by atoms with Crippen molar-refractivity contribution in [2.24, 2.45) is 5.92 Å². The second-order valence-corrected chi connectivity index (χ2v) is 7.89. The summed E-state index contributed by atoms with van der Waals surface area (Å²) in [7, 11) is 0. The molecule has 0 spiro atoms. The summed E-state index contributed by atoms with van der Waals surface area (Å²) in [6, 6.07) is 9.05. The van der Waals surface area contributed by atoms with Crippen molar-refractivity contribution in [3.8, 4) is 6.07 Å². The molecule has 1 aromatic carbocycles. The van der Waals surface area contributed by atoms with Crippen LogP contribution in [0.3, 0.4) is 0 Å². The van der Waals surface area contributed by atoms with E-state index in [1.54, 1.807) is 6.92 Å². The first kappa shape index (κ1) is 20.5. The molecule has 0 aliphatic heterocycles. The highest BCUT2D eigenvalue weighted by atomic mass is 32.2. The zero-order chi connectivity index (χ0) is 20.3. The molecule has 150 valence electrons. The molecule has 0 bridgehead atoms. The SMILES string of the molecule is C[C@H](C1CC1)N(CC(F)(F)F)C(=O)CSc1nc2ccccc2n1CCC#N. The zero-order valence-corrected chi connectivity index (χ0v) is 16.3. The number of para-hydroxylation sites is 2. The minimum Gasteiger partial charge on any atom is -0.330 e.